The zero-order valence-electron chi connectivity index (χ0n) is 20.2. The maximum Gasteiger partial charge on any atom is 0.259 e. The number of pyridine rings is 1. The van der Waals surface area contributed by atoms with Gasteiger partial charge in [0.1, 0.15) is 23.7 Å². The molecule has 0 unspecified atom stereocenters. The summed E-state index contributed by atoms with van der Waals surface area (Å²) in [5.74, 6) is 0.172. The highest BCUT2D eigenvalue weighted by Gasteiger charge is 2.26. The molecule has 0 bridgehead atoms. The van der Waals surface area contributed by atoms with Crippen LogP contribution >= 0.6 is 0 Å². The fourth-order valence-corrected chi connectivity index (χ4v) is 4.33. The van der Waals surface area contributed by atoms with E-state index in [0.717, 1.165) is 24.1 Å². The quantitative estimate of drug-likeness (QED) is 0.339. The Bertz CT molecular complexity index is 1590. The largest absolute Gasteiger partial charge is 0.308 e. The molecule has 2 aromatic carbocycles. The van der Waals surface area contributed by atoms with Gasteiger partial charge in [0, 0.05) is 12.1 Å². The highest BCUT2D eigenvalue weighted by atomic mass is 19.1. The smallest absolute Gasteiger partial charge is 0.259 e. The van der Waals surface area contributed by atoms with Gasteiger partial charge in [0.2, 0.25) is 0 Å². The van der Waals surface area contributed by atoms with Crippen molar-refractivity contribution in [1.82, 2.24) is 29.3 Å². The molecule has 1 fully saturated rings. The third kappa shape index (κ3) is 4.75. The topological polar surface area (TPSA) is 90.5 Å². The van der Waals surface area contributed by atoms with Crippen LogP contribution in [0, 0.1) is 12.7 Å². The molecule has 37 heavy (non-hydrogen) atoms. The second kappa shape index (κ2) is 9.42. The van der Waals surface area contributed by atoms with Gasteiger partial charge < -0.3 is 14.5 Å². The highest BCUT2D eigenvalue weighted by Crippen LogP contribution is 2.39. The molecule has 3 heterocycles. The Hall–Kier alpha value is -4.66. The number of aromatic nitrogens is 6. The molecule has 1 N–H and O–H groups in total. The number of carbonyl (C=O) groups is 1. The summed E-state index contributed by atoms with van der Waals surface area (Å²) in [4.78, 5) is 22.1. The Labute approximate surface area is 212 Å². The van der Waals surface area contributed by atoms with Crippen molar-refractivity contribution in [3.63, 3.8) is 0 Å². The highest BCUT2D eigenvalue weighted by molar-refractivity contribution is 6.04. The third-order valence-electron chi connectivity index (χ3n) is 6.44. The van der Waals surface area contributed by atoms with E-state index < -0.39 is 11.7 Å². The standard InChI is InChI=1S/C28H24FN7O/c1-18-12-22(29)21(13-25(18)35-15-24(30-16-35)20-10-11-20)28(37)33-26-9-5-8-23(32-26)27-34-31-17-36(27)14-19-6-3-2-4-7-19/h2-9,12-13,15-17,20H,10-11,14H2,1H3,(H,32,33,37). The molecule has 0 saturated heterocycles. The van der Waals surface area contributed by atoms with Gasteiger partial charge in [-0.2, -0.15) is 0 Å². The zero-order chi connectivity index (χ0) is 25.4. The molecule has 6 rings (SSSR count). The first-order chi connectivity index (χ1) is 18.0. The lowest BCUT2D eigenvalue weighted by Gasteiger charge is -2.12. The van der Waals surface area contributed by atoms with Crippen molar-refractivity contribution < 1.29 is 9.18 Å². The minimum atomic E-state index is -0.597. The first-order valence-corrected chi connectivity index (χ1v) is 12.1. The molecule has 3 aromatic heterocycles. The Kier molecular flexibility index (Phi) is 5.80. The third-order valence-corrected chi connectivity index (χ3v) is 6.44. The number of carbonyl (C=O) groups excluding carboxylic acids is 1. The van der Waals surface area contributed by atoms with Gasteiger partial charge in [0.25, 0.3) is 5.91 Å². The molecular formula is C28H24FN7O. The van der Waals surface area contributed by atoms with Crippen LogP contribution in [-0.4, -0.2) is 35.2 Å². The van der Waals surface area contributed by atoms with E-state index in [4.69, 9.17) is 0 Å². The van der Waals surface area contributed by atoms with E-state index in [-0.39, 0.29) is 11.4 Å². The van der Waals surface area contributed by atoms with Gasteiger partial charge >= 0.3 is 0 Å². The molecule has 0 spiro atoms. The number of amides is 1. The number of halogens is 1. The van der Waals surface area contributed by atoms with Crippen molar-refractivity contribution in [3.05, 3.63) is 108 Å². The summed E-state index contributed by atoms with van der Waals surface area (Å²) in [6.07, 6.45) is 7.59. The molecule has 1 saturated carbocycles. The van der Waals surface area contributed by atoms with E-state index in [1.807, 2.05) is 52.6 Å². The molecule has 1 aliphatic rings. The first-order valence-electron chi connectivity index (χ1n) is 12.1. The minimum Gasteiger partial charge on any atom is -0.308 e. The van der Waals surface area contributed by atoms with Crippen molar-refractivity contribution in [2.24, 2.45) is 0 Å². The van der Waals surface area contributed by atoms with Crippen molar-refractivity contribution >= 4 is 11.7 Å². The van der Waals surface area contributed by atoms with Gasteiger partial charge in [0.15, 0.2) is 5.82 Å². The SMILES string of the molecule is Cc1cc(F)c(C(=O)Nc2cccc(-c3nncn3Cc3ccccc3)n2)cc1-n1cnc(C2CC2)c1. The Balaban J connectivity index is 1.25. The molecule has 9 heteroatoms. The first kappa shape index (κ1) is 22.8. The number of aryl methyl sites for hydroxylation is 1. The van der Waals surface area contributed by atoms with Gasteiger partial charge in [-0.05, 0) is 55.2 Å². The maximum absolute atomic E-state index is 14.9. The van der Waals surface area contributed by atoms with Crippen LogP contribution in [0.25, 0.3) is 17.2 Å². The van der Waals surface area contributed by atoms with Crippen molar-refractivity contribution in [1.29, 1.82) is 0 Å². The monoisotopic (exact) mass is 493 g/mol. The summed E-state index contributed by atoms with van der Waals surface area (Å²) in [5.41, 5.74) is 4.02. The maximum atomic E-state index is 14.9. The predicted molar refractivity (Wildman–Crippen MR) is 137 cm³/mol. The van der Waals surface area contributed by atoms with E-state index in [9.17, 15) is 9.18 Å². The molecule has 5 aromatic rings. The molecule has 1 aliphatic carbocycles. The van der Waals surface area contributed by atoms with E-state index in [1.54, 1.807) is 36.9 Å². The number of hydrogen-bond donors (Lipinski definition) is 1. The summed E-state index contributed by atoms with van der Waals surface area (Å²) in [7, 11) is 0. The summed E-state index contributed by atoms with van der Waals surface area (Å²) in [5, 5.41) is 11.0. The molecule has 1 amide bonds. The van der Waals surface area contributed by atoms with Crippen LogP contribution in [-0.2, 0) is 6.54 Å². The van der Waals surface area contributed by atoms with E-state index in [0.29, 0.717) is 35.2 Å². The number of benzene rings is 2. The van der Waals surface area contributed by atoms with Crippen LogP contribution in [0.15, 0.2) is 79.5 Å². The summed E-state index contributed by atoms with van der Waals surface area (Å²) >= 11 is 0. The van der Waals surface area contributed by atoms with Gasteiger partial charge in [-0.3, -0.25) is 4.79 Å². The van der Waals surface area contributed by atoms with Crippen molar-refractivity contribution in [2.75, 3.05) is 5.32 Å². The summed E-state index contributed by atoms with van der Waals surface area (Å²) in [6.45, 7) is 2.39. The second-order valence-corrected chi connectivity index (χ2v) is 9.23. The molecular weight excluding hydrogens is 469 g/mol. The van der Waals surface area contributed by atoms with E-state index in [1.165, 1.54) is 6.07 Å². The van der Waals surface area contributed by atoms with Gasteiger partial charge in [0.05, 0.1) is 29.8 Å². The van der Waals surface area contributed by atoms with E-state index >= 15 is 0 Å². The second-order valence-electron chi connectivity index (χ2n) is 9.23. The minimum absolute atomic E-state index is 0.0679. The summed E-state index contributed by atoms with van der Waals surface area (Å²) < 4.78 is 18.6. The number of nitrogens with zero attached hydrogens (tertiary/aromatic N) is 6. The lowest BCUT2D eigenvalue weighted by molar-refractivity contribution is 0.102. The number of anilines is 1. The number of rotatable bonds is 7. The summed E-state index contributed by atoms with van der Waals surface area (Å²) in [6, 6.07) is 18.1. The molecule has 0 atom stereocenters. The number of nitrogens with one attached hydrogen (secondary N) is 1. The van der Waals surface area contributed by atoms with Crippen molar-refractivity contribution in [3.8, 4) is 17.2 Å². The Morgan fingerprint density at radius 1 is 1.08 bits per heavy atom. The van der Waals surface area contributed by atoms with Crippen LogP contribution in [0.5, 0.6) is 0 Å². The van der Waals surface area contributed by atoms with Gasteiger partial charge in [-0.1, -0.05) is 36.4 Å². The Morgan fingerprint density at radius 3 is 2.73 bits per heavy atom. The lowest BCUT2D eigenvalue weighted by Crippen LogP contribution is -2.16. The van der Waals surface area contributed by atoms with Crippen LogP contribution < -0.4 is 5.32 Å². The lowest BCUT2D eigenvalue weighted by atomic mass is 10.1. The average molecular weight is 494 g/mol. The van der Waals surface area contributed by atoms with Gasteiger partial charge in [-0.25, -0.2) is 14.4 Å². The Morgan fingerprint density at radius 2 is 1.92 bits per heavy atom. The van der Waals surface area contributed by atoms with Crippen LogP contribution in [0.2, 0.25) is 0 Å². The normalized spacial score (nSPS) is 13.0. The van der Waals surface area contributed by atoms with Crippen LogP contribution in [0.1, 0.15) is 45.9 Å². The van der Waals surface area contributed by atoms with Crippen LogP contribution in [0.3, 0.4) is 0 Å². The van der Waals surface area contributed by atoms with Crippen molar-refractivity contribution in [2.45, 2.75) is 32.2 Å². The molecule has 0 radical (unpaired) electrons. The van der Waals surface area contributed by atoms with Gasteiger partial charge in [-0.15, -0.1) is 10.2 Å². The zero-order valence-corrected chi connectivity index (χ0v) is 20.2. The average Bonchev–Trinajstić information content (AvgIpc) is 3.45. The predicted octanol–water partition coefficient (Wildman–Crippen LogP) is 5.15. The van der Waals surface area contributed by atoms with E-state index in [2.05, 4.69) is 25.5 Å². The number of hydrogen-bond acceptors (Lipinski definition) is 5. The molecule has 0 aliphatic heterocycles. The fraction of sp³-hybridized carbons (Fsp3) is 0.179. The fourth-order valence-electron chi connectivity index (χ4n) is 4.33. The molecule has 8 nitrogen and oxygen atoms in total. The van der Waals surface area contributed by atoms with Crippen LogP contribution in [0.4, 0.5) is 10.2 Å². The number of imidazole rings is 1. The molecule has 184 valence electrons.